The van der Waals surface area contributed by atoms with Crippen LogP contribution in [0.25, 0.3) is 0 Å². The molecular formula is C14H17FO. The van der Waals surface area contributed by atoms with Crippen LogP contribution < -0.4 is 0 Å². The van der Waals surface area contributed by atoms with E-state index < -0.39 is 5.60 Å². The lowest BCUT2D eigenvalue weighted by molar-refractivity contribution is 0.0528. The zero-order valence-corrected chi connectivity index (χ0v) is 9.76. The Morgan fingerprint density at radius 1 is 1.44 bits per heavy atom. The second-order valence-corrected chi connectivity index (χ2v) is 4.23. The Labute approximate surface area is 96.3 Å². The van der Waals surface area contributed by atoms with Gasteiger partial charge in [0.15, 0.2) is 0 Å². The summed E-state index contributed by atoms with van der Waals surface area (Å²) in [5, 5.41) is 10.1. The minimum Gasteiger partial charge on any atom is -0.390 e. The summed E-state index contributed by atoms with van der Waals surface area (Å²) in [4.78, 5) is 0. The molecule has 0 aromatic heterocycles. The molecule has 16 heavy (non-hydrogen) atoms. The number of rotatable bonds is 4. The van der Waals surface area contributed by atoms with E-state index in [1.54, 1.807) is 19.9 Å². The van der Waals surface area contributed by atoms with E-state index in [9.17, 15) is 9.50 Å². The van der Waals surface area contributed by atoms with Crippen LogP contribution >= 0.6 is 0 Å². The van der Waals surface area contributed by atoms with Crippen molar-refractivity contribution in [3.63, 3.8) is 0 Å². The van der Waals surface area contributed by atoms with Gasteiger partial charge in [0, 0.05) is 12.8 Å². The zero-order valence-electron chi connectivity index (χ0n) is 9.76. The van der Waals surface area contributed by atoms with Crippen molar-refractivity contribution < 1.29 is 9.50 Å². The van der Waals surface area contributed by atoms with Crippen LogP contribution in [0.4, 0.5) is 4.39 Å². The maximum atomic E-state index is 12.9. The molecule has 0 aliphatic heterocycles. The van der Waals surface area contributed by atoms with Crippen molar-refractivity contribution in [2.75, 3.05) is 0 Å². The molecule has 1 aromatic carbocycles. The van der Waals surface area contributed by atoms with Crippen LogP contribution in [0.1, 0.15) is 32.3 Å². The topological polar surface area (TPSA) is 20.2 Å². The fourth-order valence-corrected chi connectivity index (χ4v) is 1.63. The standard InChI is InChI=1S/C14H17FO/c1-3-4-5-9-14(2,16)11-12-7-6-8-13(15)10-12/h6-8,10,16H,5,9,11H2,1-2H3. The minimum atomic E-state index is -0.822. The van der Waals surface area contributed by atoms with Gasteiger partial charge in [-0.1, -0.05) is 12.1 Å². The molecule has 0 bridgehead atoms. The van der Waals surface area contributed by atoms with Gasteiger partial charge in [-0.05, 0) is 38.0 Å². The molecule has 0 saturated heterocycles. The predicted octanol–water partition coefficient (Wildman–Crippen LogP) is 2.92. The van der Waals surface area contributed by atoms with Crippen molar-refractivity contribution in [3.05, 3.63) is 35.6 Å². The first-order valence-electron chi connectivity index (χ1n) is 5.40. The van der Waals surface area contributed by atoms with Crippen LogP contribution in [-0.4, -0.2) is 10.7 Å². The Hall–Kier alpha value is -1.33. The minimum absolute atomic E-state index is 0.262. The summed E-state index contributed by atoms with van der Waals surface area (Å²) in [7, 11) is 0. The number of halogens is 1. The molecule has 0 saturated carbocycles. The Bertz CT molecular complexity index is 399. The van der Waals surface area contributed by atoms with Gasteiger partial charge in [-0.25, -0.2) is 4.39 Å². The Morgan fingerprint density at radius 3 is 2.81 bits per heavy atom. The number of aliphatic hydroxyl groups is 1. The summed E-state index contributed by atoms with van der Waals surface area (Å²) in [5.74, 6) is 5.45. The van der Waals surface area contributed by atoms with Gasteiger partial charge in [-0.3, -0.25) is 0 Å². The van der Waals surface area contributed by atoms with Crippen molar-refractivity contribution in [1.82, 2.24) is 0 Å². The van der Waals surface area contributed by atoms with Crippen LogP contribution in [-0.2, 0) is 6.42 Å². The van der Waals surface area contributed by atoms with Crippen LogP contribution in [0.2, 0.25) is 0 Å². The van der Waals surface area contributed by atoms with Crippen LogP contribution in [0.5, 0.6) is 0 Å². The Morgan fingerprint density at radius 2 is 2.19 bits per heavy atom. The van der Waals surface area contributed by atoms with Gasteiger partial charge in [0.25, 0.3) is 0 Å². The molecule has 0 heterocycles. The maximum absolute atomic E-state index is 12.9. The molecule has 1 aromatic rings. The monoisotopic (exact) mass is 220 g/mol. The van der Waals surface area contributed by atoms with Crippen LogP contribution in [0.3, 0.4) is 0 Å². The van der Waals surface area contributed by atoms with Gasteiger partial charge in [-0.2, -0.15) is 0 Å². The van der Waals surface area contributed by atoms with E-state index in [0.717, 1.165) is 5.56 Å². The average molecular weight is 220 g/mol. The van der Waals surface area contributed by atoms with Gasteiger partial charge >= 0.3 is 0 Å². The molecule has 0 spiro atoms. The van der Waals surface area contributed by atoms with E-state index in [4.69, 9.17) is 0 Å². The first-order chi connectivity index (χ1) is 7.53. The number of hydrogen-bond acceptors (Lipinski definition) is 1. The van der Waals surface area contributed by atoms with Crippen molar-refractivity contribution in [2.45, 2.75) is 38.7 Å². The van der Waals surface area contributed by atoms with Gasteiger partial charge < -0.3 is 5.11 Å². The quantitative estimate of drug-likeness (QED) is 0.773. The summed E-state index contributed by atoms with van der Waals surface area (Å²) in [6.45, 7) is 3.54. The molecule has 86 valence electrons. The Kier molecular flexibility index (Phi) is 4.52. The van der Waals surface area contributed by atoms with Crippen LogP contribution in [0, 0.1) is 17.7 Å². The molecule has 1 unspecified atom stereocenters. The maximum Gasteiger partial charge on any atom is 0.123 e. The fraction of sp³-hybridized carbons (Fsp3) is 0.429. The molecule has 0 radical (unpaired) electrons. The molecule has 0 amide bonds. The lowest BCUT2D eigenvalue weighted by Crippen LogP contribution is -2.26. The lowest BCUT2D eigenvalue weighted by atomic mass is 9.92. The first kappa shape index (κ1) is 12.7. The molecule has 1 nitrogen and oxygen atoms in total. The zero-order chi connectivity index (χ0) is 12.0. The molecule has 1 atom stereocenters. The van der Waals surface area contributed by atoms with Crippen molar-refractivity contribution >= 4 is 0 Å². The van der Waals surface area contributed by atoms with Crippen molar-refractivity contribution in [1.29, 1.82) is 0 Å². The third-order valence-corrected chi connectivity index (χ3v) is 2.44. The molecule has 0 aliphatic carbocycles. The normalized spacial score (nSPS) is 13.8. The fourth-order valence-electron chi connectivity index (χ4n) is 1.63. The summed E-state index contributed by atoms with van der Waals surface area (Å²) in [6, 6.07) is 6.34. The van der Waals surface area contributed by atoms with Gasteiger partial charge in [-0.15, -0.1) is 11.8 Å². The lowest BCUT2D eigenvalue weighted by Gasteiger charge is -2.22. The summed E-state index contributed by atoms with van der Waals surface area (Å²) in [6.07, 6.45) is 1.72. The Balaban J connectivity index is 2.60. The second kappa shape index (κ2) is 5.67. The molecule has 1 N–H and O–H groups in total. The van der Waals surface area contributed by atoms with E-state index in [-0.39, 0.29) is 5.82 Å². The van der Waals surface area contributed by atoms with Crippen LogP contribution in [0.15, 0.2) is 24.3 Å². The van der Waals surface area contributed by atoms with Crippen molar-refractivity contribution in [3.8, 4) is 11.8 Å². The molecular weight excluding hydrogens is 203 g/mol. The number of benzene rings is 1. The first-order valence-corrected chi connectivity index (χ1v) is 5.40. The SMILES string of the molecule is CC#CCCC(C)(O)Cc1cccc(F)c1. The molecule has 2 heteroatoms. The molecule has 0 aliphatic rings. The molecule has 1 rings (SSSR count). The number of hydrogen-bond donors (Lipinski definition) is 1. The average Bonchev–Trinajstić information content (AvgIpc) is 2.17. The highest BCUT2D eigenvalue weighted by molar-refractivity contribution is 5.18. The second-order valence-electron chi connectivity index (χ2n) is 4.23. The molecule has 0 fully saturated rings. The third kappa shape index (κ3) is 4.46. The summed E-state index contributed by atoms with van der Waals surface area (Å²) < 4.78 is 12.9. The van der Waals surface area contributed by atoms with E-state index in [0.29, 0.717) is 19.3 Å². The predicted molar refractivity (Wildman–Crippen MR) is 63.4 cm³/mol. The van der Waals surface area contributed by atoms with E-state index in [1.165, 1.54) is 12.1 Å². The van der Waals surface area contributed by atoms with E-state index in [2.05, 4.69) is 11.8 Å². The highest BCUT2D eigenvalue weighted by Gasteiger charge is 2.20. The highest BCUT2D eigenvalue weighted by atomic mass is 19.1. The smallest absolute Gasteiger partial charge is 0.123 e. The highest BCUT2D eigenvalue weighted by Crippen LogP contribution is 2.18. The third-order valence-electron chi connectivity index (χ3n) is 2.44. The van der Waals surface area contributed by atoms with Gasteiger partial charge in [0.05, 0.1) is 5.60 Å². The van der Waals surface area contributed by atoms with Gasteiger partial charge in [0.1, 0.15) is 5.82 Å². The van der Waals surface area contributed by atoms with Gasteiger partial charge in [0.2, 0.25) is 0 Å². The summed E-state index contributed by atoms with van der Waals surface area (Å²) >= 11 is 0. The van der Waals surface area contributed by atoms with Crippen molar-refractivity contribution in [2.24, 2.45) is 0 Å². The van der Waals surface area contributed by atoms with E-state index >= 15 is 0 Å². The largest absolute Gasteiger partial charge is 0.390 e. The summed E-state index contributed by atoms with van der Waals surface area (Å²) in [5.41, 5.74) is -0.00747. The van der Waals surface area contributed by atoms with E-state index in [1.807, 2.05) is 6.07 Å².